The van der Waals surface area contributed by atoms with Crippen LogP contribution in [0.25, 0.3) is 0 Å². The van der Waals surface area contributed by atoms with Gasteiger partial charge in [0.05, 0.1) is 12.7 Å². The Bertz CT molecular complexity index is 410. The Morgan fingerprint density at radius 3 is 2.78 bits per heavy atom. The molecule has 0 fully saturated rings. The van der Waals surface area contributed by atoms with Crippen molar-refractivity contribution in [2.75, 3.05) is 23.7 Å². The van der Waals surface area contributed by atoms with Crippen molar-refractivity contribution in [3.63, 3.8) is 0 Å². The molecule has 6 nitrogen and oxygen atoms in total. The van der Waals surface area contributed by atoms with E-state index in [1.165, 1.54) is 6.20 Å². The molecule has 0 radical (unpaired) electrons. The van der Waals surface area contributed by atoms with Crippen molar-refractivity contribution in [1.29, 1.82) is 0 Å². The minimum Gasteiger partial charge on any atom is -0.360 e. The first-order valence-electron chi connectivity index (χ1n) is 5.82. The summed E-state index contributed by atoms with van der Waals surface area (Å²) in [7, 11) is 0. The van der Waals surface area contributed by atoms with Gasteiger partial charge in [-0.05, 0) is 20.8 Å². The van der Waals surface area contributed by atoms with Crippen molar-refractivity contribution < 1.29 is 4.79 Å². The summed E-state index contributed by atoms with van der Waals surface area (Å²) in [5.41, 5.74) is 0. The standard InChI is InChI=1S/C11H18ClN5O/c1-4-13-11-15-5-8(12)10(17-11)14-6-9(18)16-7(2)3/h5,7H,4,6H2,1-3H3,(H,16,18)(H2,13,14,15,17). The number of carbonyl (C=O) groups is 1. The van der Waals surface area contributed by atoms with E-state index >= 15 is 0 Å². The Kier molecular flexibility index (Phi) is 5.64. The van der Waals surface area contributed by atoms with Gasteiger partial charge in [-0.15, -0.1) is 0 Å². The molecule has 1 rings (SSSR count). The molecule has 0 aliphatic carbocycles. The molecule has 1 heterocycles. The summed E-state index contributed by atoms with van der Waals surface area (Å²) in [6.45, 7) is 6.59. The van der Waals surface area contributed by atoms with Crippen molar-refractivity contribution >= 4 is 29.3 Å². The van der Waals surface area contributed by atoms with Gasteiger partial charge in [-0.25, -0.2) is 4.98 Å². The van der Waals surface area contributed by atoms with E-state index in [0.717, 1.165) is 6.54 Å². The van der Waals surface area contributed by atoms with E-state index in [4.69, 9.17) is 11.6 Å². The smallest absolute Gasteiger partial charge is 0.239 e. The van der Waals surface area contributed by atoms with Crippen LogP contribution in [0.2, 0.25) is 5.02 Å². The molecule has 0 aromatic carbocycles. The van der Waals surface area contributed by atoms with Crippen molar-refractivity contribution in [1.82, 2.24) is 15.3 Å². The lowest BCUT2D eigenvalue weighted by Crippen LogP contribution is -2.35. The number of rotatable bonds is 6. The monoisotopic (exact) mass is 271 g/mol. The van der Waals surface area contributed by atoms with E-state index in [1.807, 2.05) is 20.8 Å². The number of hydrogen-bond donors (Lipinski definition) is 3. The maximum atomic E-state index is 11.5. The van der Waals surface area contributed by atoms with Crippen molar-refractivity contribution in [3.05, 3.63) is 11.2 Å². The lowest BCUT2D eigenvalue weighted by molar-refractivity contribution is -0.119. The molecule has 0 atom stereocenters. The number of nitrogens with one attached hydrogen (secondary N) is 3. The predicted molar refractivity (Wildman–Crippen MR) is 73.0 cm³/mol. The normalized spacial score (nSPS) is 10.3. The predicted octanol–water partition coefficient (Wildman–Crippen LogP) is 1.50. The van der Waals surface area contributed by atoms with Crippen molar-refractivity contribution in [2.24, 2.45) is 0 Å². The average Bonchev–Trinajstić information content (AvgIpc) is 2.29. The van der Waals surface area contributed by atoms with Gasteiger partial charge in [-0.2, -0.15) is 4.98 Å². The first kappa shape index (κ1) is 14.5. The average molecular weight is 272 g/mol. The summed E-state index contributed by atoms with van der Waals surface area (Å²) < 4.78 is 0. The van der Waals surface area contributed by atoms with Crippen LogP contribution < -0.4 is 16.0 Å². The minimum atomic E-state index is -0.107. The zero-order chi connectivity index (χ0) is 13.5. The second-order valence-electron chi connectivity index (χ2n) is 4.00. The molecule has 0 aliphatic heterocycles. The maximum Gasteiger partial charge on any atom is 0.239 e. The summed E-state index contributed by atoms with van der Waals surface area (Å²) in [6, 6.07) is 0.109. The molecular formula is C11H18ClN5O. The van der Waals surface area contributed by atoms with Crippen LogP contribution in [0, 0.1) is 0 Å². The van der Waals surface area contributed by atoms with Crippen LogP contribution >= 0.6 is 11.6 Å². The molecule has 0 saturated heterocycles. The number of nitrogens with zero attached hydrogens (tertiary/aromatic N) is 2. The Labute approximate surface area is 112 Å². The van der Waals surface area contributed by atoms with Crippen LogP contribution in [0.15, 0.2) is 6.20 Å². The van der Waals surface area contributed by atoms with Gasteiger partial charge in [0.2, 0.25) is 11.9 Å². The molecule has 1 aromatic rings. The van der Waals surface area contributed by atoms with Crippen LogP contribution in [-0.4, -0.2) is 35.0 Å². The summed E-state index contributed by atoms with van der Waals surface area (Å²) in [5.74, 6) is 0.819. The number of amides is 1. The topological polar surface area (TPSA) is 78.9 Å². The van der Waals surface area contributed by atoms with Gasteiger partial charge in [0.15, 0.2) is 5.82 Å². The van der Waals surface area contributed by atoms with Gasteiger partial charge in [-0.3, -0.25) is 4.79 Å². The van der Waals surface area contributed by atoms with E-state index in [9.17, 15) is 4.79 Å². The number of carbonyl (C=O) groups excluding carboxylic acids is 1. The molecule has 3 N–H and O–H groups in total. The zero-order valence-electron chi connectivity index (χ0n) is 10.7. The third-order valence-electron chi connectivity index (χ3n) is 1.95. The summed E-state index contributed by atoms with van der Waals surface area (Å²) in [4.78, 5) is 19.7. The summed E-state index contributed by atoms with van der Waals surface area (Å²) in [5, 5.41) is 9.01. The Hall–Kier alpha value is -1.56. The van der Waals surface area contributed by atoms with E-state index in [-0.39, 0.29) is 18.5 Å². The molecular weight excluding hydrogens is 254 g/mol. The molecule has 0 spiro atoms. The van der Waals surface area contributed by atoms with Gasteiger partial charge >= 0.3 is 0 Å². The van der Waals surface area contributed by atoms with E-state index in [2.05, 4.69) is 25.9 Å². The third kappa shape index (κ3) is 4.75. The zero-order valence-corrected chi connectivity index (χ0v) is 11.5. The lowest BCUT2D eigenvalue weighted by atomic mass is 10.4. The van der Waals surface area contributed by atoms with Crippen molar-refractivity contribution in [2.45, 2.75) is 26.8 Å². The second-order valence-corrected chi connectivity index (χ2v) is 4.40. The van der Waals surface area contributed by atoms with Crippen LogP contribution in [0.5, 0.6) is 0 Å². The molecule has 7 heteroatoms. The highest BCUT2D eigenvalue weighted by molar-refractivity contribution is 6.32. The molecule has 0 unspecified atom stereocenters. The second kappa shape index (κ2) is 7.00. The fourth-order valence-corrected chi connectivity index (χ4v) is 1.43. The minimum absolute atomic E-state index is 0.107. The summed E-state index contributed by atoms with van der Waals surface area (Å²) >= 11 is 5.94. The highest BCUT2D eigenvalue weighted by atomic mass is 35.5. The van der Waals surface area contributed by atoms with E-state index in [1.54, 1.807) is 0 Å². The molecule has 18 heavy (non-hydrogen) atoms. The number of hydrogen-bond acceptors (Lipinski definition) is 5. The van der Waals surface area contributed by atoms with Crippen molar-refractivity contribution in [3.8, 4) is 0 Å². The van der Waals surface area contributed by atoms with Crippen LogP contribution in [0.4, 0.5) is 11.8 Å². The number of anilines is 2. The fraction of sp³-hybridized carbons (Fsp3) is 0.545. The Balaban J connectivity index is 2.60. The highest BCUT2D eigenvalue weighted by Crippen LogP contribution is 2.18. The maximum absolute atomic E-state index is 11.5. The molecule has 0 saturated carbocycles. The molecule has 100 valence electrons. The highest BCUT2D eigenvalue weighted by Gasteiger charge is 2.07. The van der Waals surface area contributed by atoms with E-state index in [0.29, 0.717) is 16.8 Å². The summed E-state index contributed by atoms with van der Waals surface area (Å²) in [6.07, 6.45) is 1.50. The fourth-order valence-electron chi connectivity index (χ4n) is 1.27. The lowest BCUT2D eigenvalue weighted by Gasteiger charge is -2.11. The largest absolute Gasteiger partial charge is 0.360 e. The van der Waals surface area contributed by atoms with E-state index < -0.39 is 0 Å². The molecule has 1 aromatic heterocycles. The first-order valence-corrected chi connectivity index (χ1v) is 6.20. The van der Waals surface area contributed by atoms with Crippen LogP contribution in [-0.2, 0) is 4.79 Å². The van der Waals surface area contributed by atoms with Gasteiger partial charge in [0.1, 0.15) is 5.02 Å². The quantitative estimate of drug-likeness (QED) is 0.731. The molecule has 1 amide bonds. The first-order chi connectivity index (χ1) is 8.52. The number of aromatic nitrogens is 2. The van der Waals surface area contributed by atoms with Crippen LogP contribution in [0.1, 0.15) is 20.8 Å². The molecule has 0 aliphatic rings. The van der Waals surface area contributed by atoms with Gasteiger partial charge < -0.3 is 16.0 Å². The van der Waals surface area contributed by atoms with Gasteiger partial charge in [-0.1, -0.05) is 11.6 Å². The number of halogens is 1. The molecule has 0 bridgehead atoms. The SMILES string of the molecule is CCNc1ncc(Cl)c(NCC(=O)NC(C)C)n1. The third-order valence-corrected chi connectivity index (χ3v) is 2.22. The van der Waals surface area contributed by atoms with Crippen LogP contribution in [0.3, 0.4) is 0 Å². The Morgan fingerprint density at radius 1 is 1.44 bits per heavy atom. The van der Waals surface area contributed by atoms with Gasteiger partial charge in [0.25, 0.3) is 0 Å². The Morgan fingerprint density at radius 2 is 2.17 bits per heavy atom. The van der Waals surface area contributed by atoms with Gasteiger partial charge in [0, 0.05) is 12.6 Å².